The molecule has 0 saturated carbocycles. The van der Waals surface area contributed by atoms with Crippen molar-refractivity contribution in [2.45, 2.75) is 13.0 Å². The van der Waals surface area contributed by atoms with Crippen molar-refractivity contribution in [3.8, 4) is 0 Å². The van der Waals surface area contributed by atoms with Crippen LogP contribution in [-0.4, -0.2) is 28.1 Å². The summed E-state index contributed by atoms with van der Waals surface area (Å²) < 4.78 is 2.16. The van der Waals surface area contributed by atoms with E-state index in [0.717, 1.165) is 31.0 Å². The molecular weight excluding hydrogens is 200 g/mol. The summed E-state index contributed by atoms with van der Waals surface area (Å²) in [5.74, 6) is 1.06. The summed E-state index contributed by atoms with van der Waals surface area (Å²) in [6.45, 7) is 1.89. The molecule has 0 spiro atoms. The van der Waals surface area contributed by atoms with Crippen molar-refractivity contribution in [3.05, 3.63) is 48.3 Å². The van der Waals surface area contributed by atoms with Gasteiger partial charge in [-0.15, -0.1) is 0 Å². The van der Waals surface area contributed by atoms with Crippen LogP contribution in [0, 0.1) is 0 Å². The third kappa shape index (κ3) is 2.67. The summed E-state index contributed by atoms with van der Waals surface area (Å²) >= 11 is 0. The smallest absolute Gasteiger partial charge is 0.114 e. The Morgan fingerprint density at radius 2 is 2.19 bits per heavy atom. The Morgan fingerprint density at radius 1 is 1.25 bits per heavy atom. The van der Waals surface area contributed by atoms with Crippen LogP contribution in [0.4, 0.5) is 0 Å². The van der Waals surface area contributed by atoms with E-state index in [4.69, 9.17) is 0 Å². The molecule has 16 heavy (non-hydrogen) atoms. The molecule has 0 aliphatic rings. The van der Waals surface area contributed by atoms with Gasteiger partial charge in [0.1, 0.15) is 5.82 Å². The summed E-state index contributed by atoms with van der Waals surface area (Å²) in [5.41, 5.74) is 1.06. The average Bonchev–Trinajstić information content (AvgIpc) is 2.75. The zero-order valence-corrected chi connectivity index (χ0v) is 9.43. The molecule has 84 valence electrons. The van der Waals surface area contributed by atoms with Gasteiger partial charge < -0.3 is 9.88 Å². The second-order valence-corrected chi connectivity index (χ2v) is 3.64. The first-order chi connectivity index (χ1) is 7.90. The average molecular weight is 216 g/mol. The van der Waals surface area contributed by atoms with E-state index < -0.39 is 0 Å². The summed E-state index contributed by atoms with van der Waals surface area (Å²) in [5, 5.41) is 3.13. The molecule has 0 atom stereocenters. The van der Waals surface area contributed by atoms with E-state index in [2.05, 4.69) is 19.9 Å². The molecule has 4 heteroatoms. The van der Waals surface area contributed by atoms with Gasteiger partial charge in [-0.1, -0.05) is 6.07 Å². The number of rotatable bonds is 5. The highest BCUT2D eigenvalue weighted by Crippen LogP contribution is 2.04. The SMILES string of the molecule is CNCCn1ccnc1Cc1ccccn1. The molecule has 0 bridgehead atoms. The lowest BCUT2D eigenvalue weighted by molar-refractivity contribution is 0.620. The fourth-order valence-corrected chi connectivity index (χ4v) is 1.61. The number of nitrogens with one attached hydrogen (secondary N) is 1. The number of pyridine rings is 1. The number of nitrogens with zero attached hydrogens (tertiary/aromatic N) is 3. The maximum Gasteiger partial charge on any atom is 0.114 e. The molecule has 2 rings (SSSR count). The van der Waals surface area contributed by atoms with Crippen molar-refractivity contribution in [2.24, 2.45) is 0 Å². The third-order valence-corrected chi connectivity index (χ3v) is 2.47. The Balaban J connectivity index is 2.07. The largest absolute Gasteiger partial charge is 0.333 e. The molecule has 2 aromatic heterocycles. The van der Waals surface area contributed by atoms with Crippen LogP contribution in [-0.2, 0) is 13.0 Å². The van der Waals surface area contributed by atoms with Crippen molar-refractivity contribution in [1.29, 1.82) is 0 Å². The van der Waals surface area contributed by atoms with Crippen molar-refractivity contribution in [1.82, 2.24) is 19.9 Å². The van der Waals surface area contributed by atoms with Gasteiger partial charge in [-0.3, -0.25) is 4.98 Å². The lowest BCUT2D eigenvalue weighted by Gasteiger charge is -2.06. The van der Waals surface area contributed by atoms with Crippen LogP contribution in [0.3, 0.4) is 0 Å². The molecule has 0 aliphatic carbocycles. The van der Waals surface area contributed by atoms with Gasteiger partial charge in [0.2, 0.25) is 0 Å². The molecule has 2 heterocycles. The standard InChI is InChI=1S/C12H16N4/c1-13-6-8-16-9-7-15-12(16)10-11-4-2-3-5-14-11/h2-5,7,9,13H,6,8,10H2,1H3. The van der Waals surface area contributed by atoms with Crippen LogP contribution in [0.15, 0.2) is 36.8 Å². The monoisotopic (exact) mass is 216 g/mol. The van der Waals surface area contributed by atoms with Gasteiger partial charge in [0.05, 0.1) is 0 Å². The Morgan fingerprint density at radius 3 is 2.94 bits per heavy atom. The second-order valence-electron chi connectivity index (χ2n) is 3.64. The van der Waals surface area contributed by atoms with E-state index in [0.29, 0.717) is 0 Å². The molecule has 0 fully saturated rings. The van der Waals surface area contributed by atoms with Crippen molar-refractivity contribution < 1.29 is 0 Å². The molecular formula is C12H16N4. The molecule has 2 aromatic rings. The molecule has 1 N–H and O–H groups in total. The Labute approximate surface area is 95.4 Å². The fourth-order valence-electron chi connectivity index (χ4n) is 1.61. The van der Waals surface area contributed by atoms with E-state index in [1.807, 2.05) is 43.8 Å². The van der Waals surface area contributed by atoms with E-state index in [-0.39, 0.29) is 0 Å². The van der Waals surface area contributed by atoms with Gasteiger partial charge in [0.25, 0.3) is 0 Å². The Hall–Kier alpha value is -1.68. The molecule has 0 aliphatic heterocycles. The summed E-state index contributed by atoms with van der Waals surface area (Å²) in [6, 6.07) is 5.96. The topological polar surface area (TPSA) is 42.7 Å². The molecule has 0 unspecified atom stereocenters. The minimum Gasteiger partial charge on any atom is -0.333 e. The predicted octanol–water partition coefficient (Wildman–Crippen LogP) is 1.09. The third-order valence-electron chi connectivity index (χ3n) is 2.47. The van der Waals surface area contributed by atoms with Crippen molar-refractivity contribution in [3.63, 3.8) is 0 Å². The Bertz CT molecular complexity index is 422. The van der Waals surface area contributed by atoms with Gasteiger partial charge in [0.15, 0.2) is 0 Å². The van der Waals surface area contributed by atoms with Gasteiger partial charge in [0, 0.05) is 43.8 Å². The first-order valence-corrected chi connectivity index (χ1v) is 5.44. The lowest BCUT2D eigenvalue weighted by Crippen LogP contribution is -2.16. The van der Waals surface area contributed by atoms with E-state index in [9.17, 15) is 0 Å². The van der Waals surface area contributed by atoms with Gasteiger partial charge in [-0.05, 0) is 19.2 Å². The molecule has 0 aromatic carbocycles. The summed E-state index contributed by atoms with van der Waals surface area (Å²) in [7, 11) is 1.95. The number of aromatic nitrogens is 3. The van der Waals surface area contributed by atoms with Crippen LogP contribution < -0.4 is 5.32 Å². The molecule has 0 amide bonds. The van der Waals surface area contributed by atoms with E-state index >= 15 is 0 Å². The highest BCUT2D eigenvalue weighted by Gasteiger charge is 2.03. The van der Waals surface area contributed by atoms with Gasteiger partial charge in [-0.25, -0.2) is 4.98 Å². The Kier molecular flexibility index (Phi) is 3.66. The maximum atomic E-state index is 4.36. The van der Waals surface area contributed by atoms with E-state index in [1.54, 1.807) is 0 Å². The van der Waals surface area contributed by atoms with Crippen LogP contribution in [0.2, 0.25) is 0 Å². The van der Waals surface area contributed by atoms with Gasteiger partial charge >= 0.3 is 0 Å². The highest BCUT2D eigenvalue weighted by atomic mass is 15.1. The lowest BCUT2D eigenvalue weighted by atomic mass is 10.2. The fraction of sp³-hybridized carbons (Fsp3) is 0.333. The highest BCUT2D eigenvalue weighted by molar-refractivity contribution is 5.10. The second kappa shape index (κ2) is 5.42. The van der Waals surface area contributed by atoms with Crippen LogP contribution in [0.1, 0.15) is 11.5 Å². The minimum atomic E-state index is 0.789. The number of hydrogen-bond acceptors (Lipinski definition) is 3. The predicted molar refractivity (Wildman–Crippen MR) is 63.2 cm³/mol. The van der Waals surface area contributed by atoms with Gasteiger partial charge in [-0.2, -0.15) is 0 Å². The maximum absolute atomic E-state index is 4.36. The number of likely N-dealkylation sites (N-methyl/N-ethyl adjacent to an activating group) is 1. The van der Waals surface area contributed by atoms with E-state index in [1.165, 1.54) is 0 Å². The van der Waals surface area contributed by atoms with Crippen molar-refractivity contribution >= 4 is 0 Å². The normalized spacial score (nSPS) is 10.6. The molecule has 0 radical (unpaired) electrons. The van der Waals surface area contributed by atoms with Crippen LogP contribution in [0.25, 0.3) is 0 Å². The molecule has 4 nitrogen and oxygen atoms in total. The first kappa shape index (κ1) is 10.8. The number of hydrogen-bond donors (Lipinski definition) is 1. The summed E-state index contributed by atoms with van der Waals surface area (Å²) in [6.07, 6.45) is 6.46. The zero-order chi connectivity index (χ0) is 11.2. The van der Waals surface area contributed by atoms with Crippen LogP contribution >= 0.6 is 0 Å². The zero-order valence-electron chi connectivity index (χ0n) is 9.43. The minimum absolute atomic E-state index is 0.789. The number of imidazole rings is 1. The summed E-state index contributed by atoms with van der Waals surface area (Å²) in [4.78, 5) is 8.67. The van der Waals surface area contributed by atoms with Crippen molar-refractivity contribution in [2.75, 3.05) is 13.6 Å². The van der Waals surface area contributed by atoms with Crippen LogP contribution in [0.5, 0.6) is 0 Å². The molecule has 0 saturated heterocycles. The first-order valence-electron chi connectivity index (χ1n) is 5.44. The quantitative estimate of drug-likeness (QED) is 0.813.